The lowest BCUT2D eigenvalue weighted by Gasteiger charge is -2.21. The van der Waals surface area contributed by atoms with Crippen molar-refractivity contribution in [1.82, 2.24) is 10.6 Å². The summed E-state index contributed by atoms with van der Waals surface area (Å²) in [5, 5.41) is 6.95. The van der Waals surface area contributed by atoms with E-state index in [1.54, 1.807) is 0 Å². The maximum Gasteiger partial charge on any atom is 0.0208 e. The third kappa shape index (κ3) is 3.83. The average Bonchev–Trinajstić information content (AvgIpc) is 2.27. The Balaban J connectivity index is 1.93. The van der Waals surface area contributed by atoms with Gasteiger partial charge in [-0.25, -0.2) is 0 Å². The molecule has 1 heterocycles. The highest BCUT2D eigenvalue weighted by Gasteiger charge is 2.10. The van der Waals surface area contributed by atoms with Gasteiger partial charge in [0.2, 0.25) is 0 Å². The molecule has 1 aromatic carbocycles. The van der Waals surface area contributed by atoms with Gasteiger partial charge in [0, 0.05) is 12.1 Å². The van der Waals surface area contributed by atoms with Crippen LogP contribution in [0.4, 0.5) is 0 Å². The number of fused-ring (bicyclic) bond motifs is 1. The van der Waals surface area contributed by atoms with Gasteiger partial charge >= 0.3 is 0 Å². The van der Waals surface area contributed by atoms with Crippen molar-refractivity contribution in [3.05, 3.63) is 34.9 Å². The fourth-order valence-corrected chi connectivity index (χ4v) is 2.27. The predicted molar refractivity (Wildman–Crippen MR) is 73.3 cm³/mol. The Morgan fingerprint density at radius 2 is 2.06 bits per heavy atom. The summed E-state index contributed by atoms with van der Waals surface area (Å²) >= 11 is 0. The molecule has 17 heavy (non-hydrogen) atoms. The quantitative estimate of drug-likeness (QED) is 0.835. The van der Waals surface area contributed by atoms with Crippen molar-refractivity contribution < 1.29 is 0 Å². The van der Waals surface area contributed by atoms with E-state index in [0.29, 0.717) is 0 Å². The predicted octanol–water partition coefficient (Wildman–Crippen LogP) is 2.26. The standard InChI is InChI=1S/C15H24N2/c1-15(2,3)17-9-6-12-4-5-14-11-16-8-7-13(14)10-12/h4-5,10,16-17H,6-9,11H2,1-3H3. The first-order chi connectivity index (χ1) is 8.04. The summed E-state index contributed by atoms with van der Waals surface area (Å²) in [5.41, 5.74) is 4.70. The first-order valence-electron chi connectivity index (χ1n) is 6.61. The van der Waals surface area contributed by atoms with Crippen LogP contribution in [0.15, 0.2) is 18.2 Å². The third-order valence-corrected chi connectivity index (χ3v) is 3.23. The van der Waals surface area contributed by atoms with Crippen LogP contribution in [0, 0.1) is 0 Å². The van der Waals surface area contributed by atoms with Crippen molar-refractivity contribution in [2.75, 3.05) is 13.1 Å². The highest BCUT2D eigenvalue weighted by atomic mass is 14.9. The van der Waals surface area contributed by atoms with E-state index in [4.69, 9.17) is 0 Å². The van der Waals surface area contributed by atoms with Crippen molar-refractivity contribution in [1.29, 1.82) is 0 Å². The molecule has 0 radical (unpaired) electrons. The molecule has 1 aliphatic rings. The smallest absolute Gasteiger partial charge is 0.0208 e. The molecule has 0 atom stereocenters. The van der Waals surface area contributed by atoms with E-state index >= 15 is 0 Å². The van der Waals surface area contributed by atoms with E-state index in [-0.39, 0.29) is 5.54 Å². The van der Waals surface area contributed by atoms with Crippen molar-refractivity contribution in [2.45, 2.75) is 45.7 Å². The Morgan fingerprint density at radius 1 is 1.24 bits per heavy atom. The zero-order valence-electron chi connectivity index (χ0n) is 11.3. The minimum atomic E-state index is 0.220. The van der Waals surface area contributed by atoms with Gasteiger partial charge in [-0.3, -0.25) is 0 Å². The Labute approximate surface area is 105 Å². The SMILES string of the molecule is CC(C)(C)NCCc1ccc2c(c1)CCNC2. The van der Waals surface area contributed by atoms with Crippen LogP contribution in [0.25, 0.3) is 0 Å². The van der Waals surface area contributed by atoms with Crippen LogP contribution in [-0.2, 0) is 19.4 Å². The Bertz CT molecular complexity index is 377. The van der Waals surface area contributed by atoms with Gasteiger partial charge in [0.15, 0.2) is 0 Å². The van der Waals surface area contributed by atoms with Gasteiger partial charge in [0.25, 0.3) is 0 Å². The maximum absolute atomic E-state index is 3.54. The highest BCUT2D eigenvalue weighted by molar-refractivity contribution is 5.33. The minimum absolute atomic E-state index is 0.220. The second-order valence-corrected chi connectivity index (χ2v) is 5.96. The van der Waals surface area contributed by atoms with Crippen molar-refractivity contribution in [3.8, 4) is 0 Å². The van der Waals surface area contributed by atoms with Gasteiger partial charge in [-0.15, -0.1) is 0 Å². The third-order valence-electron chi connectivity index (χ3n) is 3.23. The molecule has 0 fully saturated rings. The van der Waals surface area contributed by atoms with Crippen LogP contribution >= 0.6 is 0 Å². The lowest BCUT2D eigenvalue weighted by molar-refractivity contribution is 0.429. The minimum Gasteiger partial charge on any atom is -0.312 e. The van der Waals surface area contributed by atoms with Gasteiger partial charge in [-0.2, -0.15) is 0 Å². The molecule has 1 aliphatic heterocycles. The molecular weight excluding hydrogens is 208 g/mol. The zero-order chi connectivity index (χ0) is 12.3. The molecule has 0 aromatic heterocycles. The second kappa shape index (κ2) is 5.19. The number of hydrogen-bond donors (Lipinski definition) is 2. The molecule has 0 spiro atoms. The van der Waals surface area contributed by atoms with E-state index in [1.807, 2.05) is 0 Å². The lowest BCUT2D eigenvalue weighted by Crippen LogP contribution is -2.37. The molecule has 94 valence electrons. The largest absolute Gasteiger partial charge is 0.312 e. The van der Waals surface area contributed by atoms with E-state index in [2.05, 4.69) is 49.6 Å². The summed E-state index contributed by atoms with van der Waals surface area (Å²) in [6, 6.07) is 6.95. The summed E-state index contributed by atoms with van der Waals surface area (Å²) in [5.74, 6) is 0. The molecule has 1 aromatic rings. The molecule has 2 N–H and O–H groups in total. The summed E-state index contributed by atoms with van der Waals surface area (Å²) in [6.07, 6.45) is 2.30. The fourth-order valence-electron chi connectivity index (χ4n) is 2.27. The molecule has 0 bridgehead atoms. The molecule has 2 heteroatoms. The van der Waals surface area contributed by atoms with E-state index in [0.717, 1.165) is 26.1 Å². The van der Waals surface area contributed by atoms with Crippen LogP contribution in [0.3, 0.4) is 0 Å². The number of hydrogen-bond acceptors (Lipinski definition) is 2. The van der Waals surface area contributed by atoms with Gasteiger partial charge in [-0.1, -0.05) is 18.2 Å². The van der Waals surface area contributed by atoms with Crippen LogP contribution in [0.1, 0.15) is 37.5 Å². The van der Waals surface area contributed by atoms with Gasteiger partial charge in [0.05, 0.1) is 0 Å². The molecule has 0 unspecified atom stereocenters. The van der Waals surface area contributed by atoms with Crippen LogP contribution in [0.5, 0.6) is 0 Å². The zero-order valence-corrected chi connectivity index (χ0v) is 11.3. The van der Waals surface area contributed by atoms with Crippen LogP contribution in [0.2, 0.25) is 0 Å². The molecule has 0 saturated heterocycles. The number of rotatable bonds is 3. The average molecular weight is 232 g/mol. The van der Waals surface area contributed by atoms with E-state index in [9.17, 15) is 0 Å². The number of benzene rings is 1. The maximum atomic E-state index is 3.54. The highest BCUT2D eigenvalue weighted by Crippen LogP contribution is 2.16. The first-order valence-corrected chi connectivity index (χ1v) is 6.61. The number of nitrogens with one attached hydrogen (secondary N) is 2. The monoisotopic (exact) mass is 232 g/mol. The van der Waals surface area contributed by atoms with Gasteiger partial charge in [-0.05, 0) is 63.4 Å². The second-order valence-electron chi connectivity index (χ2n) is 5.96. The summed E-state index contributed by atoms with van der Waals surface area (Å²) < 4.78 is 0. The summed E-state index contributed by atoms with van der Waals surface area (Å²) in [6.45, 7) is 9.86. The van der Waals surface area contributed by atoms with E-state index < -0.39 is 0 Å². The Kier molecular flexibility index (Phi) is 3.85. The first kappa shape index (κ1) is 12.6. The molecule has 2 nitrogen and oxygen atoms in total. The Hall–Kier alpha value is -0.860. The molecule has 0 saturated carbocycles. The molecule has 0 aliphatic carbocycles. The van der Waals surface area contributed by atoms with Crippen LogP contribution < -0.4 is 10.6 Å². The lowest BCUT2D eigenvalue weighted by atomic mass is 9.97. The van der Waals surface area contributed by atoms with Crippen molar-refractivity contribution >= 4 is 0 Å². The van der Waals surface area contributed by atoms with Crippen LogP contribution in [-0.4, -0.2) is 18.6 Å². The van der Waals surface area contributed by atoms with Gasteiger partial charge in [0.1, 0.15) is 0 Å². The molecular formula is C15H24N2. The topological polar surface area (TPSA) is 24.1 Å². The summed E-state index contributed by atoms with van der Waals surface area (Å²) in [7, 11) is 0. The molecule has 0 amide bonds. The van der Waals surface area contributed by atoms with Gasteiger partial charge < -0.3 is 10.6 Å². The Morgan fingerprint density at radius 3 is 2.82 bits per heavy atom. The summed E-state index contributed by atoms with van der Waals surface area (Å²) in [4.78, 5) is 0. The van der Waals surface area contributed by atoms with Crippen molar-refractivity contribution in [2.24, 2.45) is 0 Å². The van der Waals surface area contributed by atoms with Crippen molar-refractivity contribution in [3.63, 3.8) is 0 Å². The normalized spacial score (nSPS) is 15.7. The van der Waals surface area contributed by atoms with E-state index in [1.165, 1.54) is 23.1 Å². The fraction of sp³-hybridized carbons (Fsp3) is 0.600. The molecule has 2 rings (SSSR count).